The summed E-state index contributed by atoms with van der Waals surface area (Å²) in [6, 6.07) is 7.59. The monoisotopic (exact) mass is 262 g/mol. The lowest BCUT2D eigenvalue weighted by molar-refractivity contribution is -0.123. The molecule has 4 nitrogen and oxygen atoms in total. The van der Waals surface area contributed by atoms with E-state index in [-0.39, 0.29) is 18.6 Å². The number of carbonyl (C=O) groups is 1. The summed E-state index contributed by atoms with van der Waals surface area (Å²) in [4.78, 5) is 11.6. The summed E-state index contributed by atoms with van der Waals surface area (Å²) in [7, 11) is 0. The molecule has 0 spiro atoms. The number of para-hydroxylation sites is 1. The molecule has 1 aromatic carbocycles. The van der Waals surface area contributed by atoms with Crippen LogP contribution in [-0.2, 0) is 4.79 Å². The molecule has 1 atom stereocenters. The van der Waals surface area contributed by atoms with E-state index >= 15 is 0 Å². The maximum atomic E-state index is 11.6. The van der Waals surface area contributed by atoms with Gasteiger partial charge in [0.15, 0.2) is 6.61 Å². The van der Waals surface area contributed by atoms with Gasteiger partial charge in [0.2, 0.25) is 0 Å². The van der Waals surface area contributed by atoms with Gasteiger partial charge >= 0.3 is 0 Å². The summed E-state index contributed by atoms with van der Waals surface area (Å²) < 4.78 is 5.58. The largest absolute Gasteiger partial charge is 0.483 e. The molecule has 0 saturated heterocycles. The van der Waals surface area contributed by atoms with Crippen LogP contribution >= 0.6 is 0 Å². The zero-order valence-electron chi connectivity index (χ0n) is 11.4. The summed E-state index contributed by atoms with van der Waals surface area (Å²) in [6.45, 7) is 2.86. The third-order valence-electron chi connectivity index (χ3n) is 3.40. The molecule has 0 aliphatic heterocycles. The van der Waals surface area contributed by atoms with Crippen molar-refractivity contribution in [3.8, 4) is 5.75 Å². The molecule has 19 heavy (non-hydrogen) atoms. The zero-order valence-corrected chi connectivity index (χ0v) is 11.4. The SMILES string of the molecule is CCC(N)c1ccccc1OCC(=O)NCC1CC1. The number of benzene rings is 1. The molecule has 0 radical (unpaired) electrons. The summed E-state index contributed by atoms with van der Waals surface area (Å²) in [6.07, 6.45) is 3.30. The molecule has 2 rings (SSSR count). The number of nitrogens with one attached hydrogen (secondary N) is 1. The van der Waals surface area contributed by atoms with E-state index in [2.05, 4.69) is 5.32 Å². The Labute approximate surface area is 114 Å². The Bertz CT molecular complexity index is 430. The molecule has 1 saturated carbocycles. The molecular formula is C15H22N2O2. The highest BCUT2D eigenvalue weighted by molar-refractivity contribution is 5.77. The van der Waals surface area contributed by atoms with E-state index < -0.39 is 0 Å². The normalized spacial score (nSPS) is 15.9. The minimum Gasteiger partial charge on any atom is -0.483 e. The van der Waals surface area contributed by atoms with Gasteiger partial charge in [-0.15, -0.1) is 0 Å². The van der Waals surface area contributed by atoms with Crippen molar-refractivity contribution < 1.29 is 9.53 Å². The third-order valence-corrected chi connectivity index (χ3v) is 3.40. The van der Waals surface area contributed by atoms with Crippen LogP contribution < -0.4 is 15.8 Å². The standard InChI is InChI=1S/C15H22N2O2/c1-2-13(16)12-5-3-4-6-14(12)19-10-15(18)17-9-11-7-8-11/h3-6,11,13H,2,7-10,16H2,1H3,(H,17,18). The van der Waals surface area contributed by atoms with E-state index in [1.54, 1.807) is 0 Å². The second-order valence-corrected chi connectivity index (χ2v) is 5.09. The Balaban J connectivity index is 1.85. The smallest absolute Gasteiger partial charge is 0.257 e. The van der Waals surface area contributed by atoms with Gasteiger partial charge in [0.1, 0.15) is 5.75 Å². The van der Waals surface area contributed by atoms with E-state index in [0.717, 1.165) is 18.5 Å². The highest BCUT2D eigenvalue weighted by Crippen LogP contribution is 2.27. The average Bonchev–Trinajstić information content (AvgIpc) is 3.26. The molecule has 1 aliphatic carbocycles. The van der Waals surface area contributed by atoms with Gasteiger partial charge in [-0.1, -0.05) is 25.1 Å². The Morgan fingerprint density at radius 3 is 2.89 bits per heavy atom. The quantitative estimate of drug-likeness (QED) is 0.790. The summed E-state index contributed by atoms with van der Waals surface area (Å²) in [5.41, 5.74) is 6.99. The van der Waals surface area contributed by atoms with Crippen molar-refractivity contribution in [2.75, 3.05) is 13.2 Å². The van der Waals surface area contributed by atoms with Gasteiger partial charge in [-0.05, 0) is 31.2 Å². The Kier molecular flexibility index (Phi) is 4.80. The molecule has 3 N–H and O–H groups in total. The molecule has 0 heterocycles. The van der Waals surface area contributed by atoms with Gasteiger partial charge in [-0.2, -0.15) is 0 Å². The first-order valence-electron chi connectivity index (χ1n) is 6.94. The van der Waals surface area contributed by atoms with Crippen molar-refractivity contribution in [1.29, 1.82) is 0 Å². The second-order valence-electron chi connectivity index (χ2n) is 5.09. The zero-order chi connectivity index (χ0) is 13.7. The lowest BCUT2D eigenvalue weighted by Crippen LogP contribution is -2.30. The first-order valence-corrected chi connectivity index (χ1v) is 6.94. The van der Waals surface area contributed by atoms with Crippen LogP contribution in [0.3, 0.4) is 0 Å². The fraction of sp³-hybridized carbons (Fsp3) is 0.533. The molecular weight excluding hydrogens is 240 g/mol. The average molecular weight is 262 g/mol. The van der Waals surface area contributed by atoms with Crippen molar-refractivity contribution in [3.05, 3.63) is 29.8 Å². The number of carbonyl (C=O) groups excluding carboxylic acids is 1. The van der Waals surface area contributed by atoms with Crippen molar-refractivity contribution in [2.24, 2.45) is 11.7 Å². The molecule has 4 heteroatoms. The third kappa shape index (κ3) is 4.24. The van der Waals surface area contributed by atoms with Gasteiger partial charge in [-0.3, -0.25) is 4.79 Å². The van der Waals surface area contributed by atoms with Crippen LogP contribution in [0.1, 0.15) is 37.8 Å². The minimum atomic E-state index is -0.0632. The van der Waals surface area contributed by atoms with Crippen LogP contribution in [0.4, 0.5) is 0 Å². The number of rotatable bonds is 7. The van der Waals surface area contributed by atoms with Crippen LogP contribution in [0.25, 0.3) is 0 Å². The van der Waals surface area contributed by atoms with Gasteiger partial charge < -0.3 is 15.8 Å². The fourth-order valence-electron chi connectivity index (χ4n) is 1.91. The second kappa shape index (κ2) is 6.57. The highest BCUT2D eigenvalue weighted by atomic mass is 16.5. The summed E-state index contributed by atoms with van der Waals surface area (Å²) >= 11 is 0. The van der Waals surface area contributed by atoms with Crippen molar-refractivity contribution >= 4 is 5.91 Å². The molecule has 0 aromatic heterocycles. The lowest BCUT2D eigenvalue weighted by atomic mass is 10.0. The van der Waals surface area contributed by atoms with E-state index in [9.17, 15) is 4.79 Å². The Hall–Kier alpha value is -1.55. The van der Waals surface area contributed by atoms with Crippen molar-refractivity contribution in [1.82, 2.24) is 5.32 Å². The van der Waals surface area contributed by atoms with Crippen molar-refractivity contribution in [2.45, 2.75) is 32.2 Å². The summed E-state index contributed by atoms with van der Waals surface area (Å²) in [5, 5.41) is 2.88. The van der Waals surface area contributed by atoms with Gasteiger partial charge in [-0.25, -0.2) is 0 Å². The van der Waals surface area contributed by atoms with Gasteiger partial charge in [0, 0.05) is 18.2 Å². The van der Waals surface area contributed by atoms with Crippen LogP contribution in [0.15, 0.2) is 24.3 Å². The molecule has 1 aromatic rings. The molecule has 1 aliphatic rings. The topological polar surface area (TPSA) is 64.3 Å². The number of ether oxygens (including phenoxy) is 1. The number of amides is 1. The molecule has 1 unspecified atom stereocenters. The molecule has 1 fully saturated rings. The highest BCUT2D eigenvalue weighted by Gasteiger charge is 2.21. The molecule has 0 bridgehead atoms. The molecule has 104 valence electrons. The summed E-state index contributed by atoms with van der Waals surface area (Å²) in [5.74, 6) is 1.33. The number of hydrogen-bond donors (Lipinski definition) is 2. The Morgan fingerprint density at radius 1 is 1.47 bits per heavy atom. The van der Waals surface area contributed by atoms with Crippen LogP contribution in [-0.4, -0.2) is 19.1 Å². The molecule has 1 amide bonds. The van der Waals surface area contributed by atoms with Gasteiger partial charge in [0.25, 0.3) is 5.91 Å². The van der Waals surface area contributed by atoms with E-state index in [0.29, 0.717) is 11.7 Å². The predicted octanol–water partition coefficient (Wildman–Crippen LogP) is 2.00. The first kappa shape index (κ1) is 13.9. The van der Waals surface area contributed by atoms with Crippen LogP contribution in [0, 0.1) is 5.92 Å². The van der Waals surface area contributed by atoms with Crippen LogP contribution in [0.5, 0.6) is 5.75 Å². The number of hydrogen-bond acceptors (Lipinski definition) is 3. The lowest BCUT2D eigenvalue weighted by Gasteiger charge is -2.15. The fourth-order valence-corrected chi connectivity index (χ4v) is 1.91. The van der Waals surface area contributed by atoms with Crippen LogP contribution in [0.2, 0.25) is 0 Å². The van der Waals surface area contributed by atoms with E-state index in [4.69, 9.17) is 10.5 Å². The van der Waals surface area contributed by atoms with E-state index in [1.807, 2.05) is 31.2 Å². The number of nitrogens with two attached hydrogens (primary N) is 1. The van der Waals surface area contributed by atoms with E-state index in [1.165, 1.54) is 12.8 Å². The van der Waals surface area contributed by atoms with Crippen molar-refractivity contribution in [3.63, 3.8) is 0 Å². The first-order chi connectivity index (χ1) is 9.20. The predicted molar refractivity (Wildman–Crippen MR) is 74.9 cm³/mol. The Morgan fingerprint density at radius 2 is 2.21 bits per heavy atom. The maximum Gasteiger partial charge on any atom is 0.257 e. The maximum absolute atomic E-state index is 11.6. The van der Waals surface area contributed by atoms with Gasteiger partial charge in [0.05, 0.1) is 0 Å². The minimum absolute atomic E-state index is 0.0503.